The van der Waals surface area contributed by atoms with Gasteiger partial charge in [-0.3, -0.25) is 19.2 Å². The zero-order chi connectivity index (χ0) is 73.4. The van der Waals surface area contributed by atoms with Crippen molar-refractivity contribution in [1.29, 1.82) is 0 Å². The first-order valence-corrected chi connectivity index (χ1v) is 31.3. The molecule has 0 aromatic rings. The smallest absolute Gasteiger partial charge is 0.217 e. The van der Waals surface area contributed by atoms with Gasteiger partial charge in [-0.05, 0) is 6.92 Å². The summed E-state index contributed by atoms with van der Waals surface area (Å²) in [5.41, 5.74) is 0. The van der Waals surface area contributed by atoms with Gasteiger partial charge in [-0.15, -0.1) is 0 Å². The normalized spacial score (nSPS) is 45.3. The van der Waals surface area contributed by atoms with Gasteiger partial charge in [0.25, 0.3) is 0 Å². The molecule has 4 amide bonds. The molecule has 0 saturated carbocycles. The van der Waals surface area contributed by atoms with E-state index in [0.29, 0.717) is 0 Å². The van der Waals surface area contributed by atoms with Gasteiger partial charge in [0.1, 0.15) is 165 Å². The number of aliphatic carboxylic acids is 1. The number of amides is 4. The van der Waals surface area contributed by atoms with Gasteiger partial charge in [0, 0.05) is 27.2 Å². The van der Waals surface area contributed by atoms with E-state index in [1.807, 2.05) is 0 Å². The molecule has 99 heavy (non-hydrogen) atoms. The maximum atomic E-state index is 13.7. The first kappa shape index (κ1) is 82.3. The van der Waals surface area contributed by atoms with Crippen molar-refractivity contribution in [3.05, 3.63) is 0 Å². The van der Waals surface area contributed by atoms with Crippen molar-refractivity contribution in [2.75, 3.05) is 52.9 Å². The molecule has 7 fully saturated rings. The summed E-state index contributed by atoms with van der Waals surface area (Å²) >= 11 is 0. The van der Waals surface area contributed by atoms with Crippen LogP contribution < -0.4 is 26.4 Å². The number of hydrogen-bond donors (Lipinski definition) is 24. The number of carboxylic acids is 1. The average Bonchev–Trinajstić information content (AvgIpc) is 0.754. The lowest BCUT2D eigenvalue weighted by molar-refractivity contribution is -0.421. The topological polar surface area (TPSA) is 690 Å². The van der Waals surface area contributed by atoms with E-state index in [9.17, 15) is 131 Å². The third-order valence-electron chi connectivity index (χ3n) is 17.6. The van der Waals surface area contributed by atoms with Gasteiger partial charge in [0.05, 0.1) is 77.1 Å². The molecule has 7 heterocycles. The summed E-state index contributed by atoms with van der Waals surface area (Å²) in [6, 6.07) is -6.83. The first-order chi connectivity index (χ1) is 46.8. The van der Waals surface area contributed by atoms with Crippen molar-refractivity contribution in [2.45, 2.75) is 261 Å². The van der Waals surface area contributed by atoms with E-state index in [2.05, 4.69) is 21.3 Å². The predicted octanol–water partition coefficient (Wildman–Crippen LogP) is -17.8. The van der Waals surface area contributed by atoms with E-state index in [0.717, 1.165) is 20.8 Å². The Morgan fingerprint density at radius 3 is 1.37 bits per heavy atom. The van der Waals surface area contributed by atoms with Gasteiger partial charge < -0.3 is 200 Å². The Labute approximate surface area is 561 Å². The molecule has 37 atom stereocenters. The fourth-order valence-electron chi connectivity index (χ4n) is 12.4. The highest BCUT2D eigenvalue weighted by atomic mass is 16.8. The van der Waals surface area contributed by atoms with Crippen LogP contribution in [0.4, 0.5) is 0 Å². The molecule has 44 nitrogen and oxygen atoms in total. The van der Waals surface area contributed by atoms with Crippen LogP contribution in [-0.4, -0.2) is 411 Å². The number of carboxylic acid groups (broad SMARTS) is 1. The zero-order valence-electron chi connectivity index (χ0n) is 53.3. The molecule has 0 aromatic carbocycles. The first-order valence-electron chi connectivity index (χ1n) is 31.3. The number of carbonyl (C=O) groups is 5. The number of nitrogens with one attached hydrogen (secondary N) is 4. The Kier molecular flexibility index (Phi) is 30.0. The highest BCUT2D eigenvalue weighted by Crippen LogP contribution is 2.42. The minimum absolute atomic E-state index is 0.216. The number of aliphatic hydroxyl groups is 20. The van der Waals surface area contributed by atoms with Crippen molar-refractivity contribution in [1.82, 2.24) is 21.3 Å². The van der Waals surface area contributed by atoms with Crippen molar-refractivity contribution in [2.24, 2.45) is 0 Å². The lowest BCUT2D eigenvalue weighted by Gasteiger charge is -2.54. The van der Waals surface area contributed by atoms with Crippen LogP contribution in [0.5, 0.6) is 0 Å². The van der Waals surface area contributed by atoms with Crippen LogP contribution >= 0.6 is 0 Å². The van der Waals surface area contributed by atoms with Crippen molar-refractivity contribution >= 4 is 30.1 Å². The lowest BCUT2D eigenvalue weighted by atomic mass is 9.88. The largest absolute Gasteiger partial charge is 0.544 e. The highest BCUT2D eigenvalue weighted by Gasteiger charge is 2.62. The Morgan fingerprint density at radius 2 is 0.899 bits per heavy atom. The quantitative estimate of drug-likeness (QED) is 0.0297. The summed E-state index contributed by atoms with van der Waals surface area (Å²) < 4.78 is 82.4. The summed E-state index contributed by atoms with van der Waals surface area (Å²) in [7, 11) is 0. The Bertz CT molecular complexity index is 2580. The van der Waals surface area contributed by atoms with Gasteiger partial charge in [-0.2, -0.15) is 0 Å². The predicted molar refractivity (Wildman–Crippen MR) is 304 cm³/mol. The molecule has 572 valence electrons. The van der Waals surface area contributed by atoms with E-state index in [1.165, 1.54) is 6.92 Å². The lowest BCUT2D eigenvalue weighted by Crippen LogP contribution is -2.73. The number of aliphatic hydroxyl groups excluding tert-OH is 20. The molecule has 0 radical (unpaired) electrons. The number of hydrogen-bond acceptors (Lipinski definition) is 40. The Hall–Kier alpha value is -4.01. The van der Waals surface area contributed by atoms with Crippen LogP contribution in [0.1, 0.15) is 34.1 Å². The highest BCUT2D eigenvalue weighted by molar-refractivity contribution is 5.75. The van der Waals surface area contributed by atoms with Crippen LogP contribution in [0, 0.1) is 0 Å². The van der Waals surface area contributed by atoms with E-state index in [4.69, 9.17) is 66.3 Å². The fourth-order valence-corrected chi connectivity index (χ4v) is 12.4. The van der Waals surface area contributed by atoms with Gasteiger partial charge in [-0.1, -0.05) is 0 Å². The van der Waals surface area contributed by atoms with E-state index < -0.39 is 309 Å². The SMILES string of the molecule is CC(=O)N[C@H]1[C@H](O[C@@H]2[C@H](O[C@]3(C(=O)[O-])C[C@H](O)[C@@H](NC(C)=O)[C@H]([C@H](O)[C@H](O)CO)O3)[C@@H](O)[C@H](O[C@H]3[C@H](O)[C@@H](O)[C@H](OC[C@@H](CO)NC=O)O[C@@H]3CO)O[C@@H]2CO)O[C@H](CO)[C@H](O)[C@@H]1O[C@@H]1O[C@H](CO)[C@H](O)[C@H](O[C@@H]2O[C@H](CO)[C@@H](O)[C@H](O[C@@H]3O[C@@H](C)[C@@H](O)[C@@H](O)[C@@H]3O)[C@H]2NC(C)=O)[C@H]1O. The van der Waals surface area contributed by atoms with Crippen LogP contribution in [0.15, 0.2) is 0 Å². The molecule has 7 aliphatic heterocycles. The van der Waals surface area contributed by atoms with Crippen LogP contribution in [-0.2, 0) is 90.3 Å². The summed E-state index contributed by atoms with van der Waals surface area (Å²) in [4.78, 5) is 63.3. The summed E-state index contributed by atoms with van der Waals surface area (Å²) in [5, 5.41) is 243. The molecular weight excluding hydrogens is 1360 g/mol. The average molecular weight is 1450 g/mol. The molecule has 44 heteroatoms. The Balaban J connectivity index is 1.26. The minimum Gasteiger partial charge on any atom is -0.544 e. The Morgan fingerprint density at radius 1 is 0.485 bits per heavy atom. The maximum Gasteiger partial charge on any atom is 0.217 e. The van der Waals surface area contributed by atoms with Crippen LogP contribution in [0.3, 0.4) is 0 Å². The third kappa shape index (κ3) is 18.6. The van der Waals surface area contributed by atoms with Crippen molar-refractivity contribution in [3.63, 3.8) is 0 Å². The summed E-state index contributed by atoms with van der Waals surface area (Å²) in [6.07, 6.45) is -68.7. The molecule has 0 bridgehead atoms. The molecule has 7 aliphatic rings. The van der Waals surface area contributed by atoms with Gasteiger partial charge in [0.15, 0.2) is 37.7 Å². The third-order valence-corrected chi connectivity index (χ3v) is 17.6. The second-order valence-electron chi connectivity index (χ2n) is 24.6. The molecule has 0 aromatic heterocycles. The number of carbonyl (C=O) groups excluding carboxylic acids is 5. The van der Waals surface area contributed by atoms with Crippen molar-refractivity contribution < 1.29 is 198 Å². The summed E-state index contributed by atoms with van der Waals surface area (Å²) in [5.74, 6) is -8.91. The molecule has 0 aliphatic carbocycles. The van der Waals surface area contributed by atoms with Gasteiger partial charge >= 0.3 is 0 Å². The molecular formula is C55H91N4O40-. The number of ether oxygens (including phenoxy) is 14. The second kappa shape index (κ2) is 36.1. The van der Waals surface area contributed by atoms with E-state index >= 15 is 0 Å². The monoisotopic (exact) mass is 1450 g/mol. The molecule has 7 saturated heterocycles. The van der Waals surface area contributed by atoms with Crippen LogP contribution in [0.25, 0.3) is 0 Å². The molecule has 7 rings (SSSR count). The number of rotatable bonds is 30. The van der Waals surface area contributed by atoms with E-state index in [-0.39, 0.29) is 6.41 Å². The van der Waals surface area contributed by atoms with Crippen molar-refractivity contribution in [3.8, 4) is 0 Å². The van der Waals surface area contributed by atoms with Gasteiger partial charge in [-0.25, -0.2) is 0 Å². The minimum atomic E-state index is -3.57. The maximum absolute atomic E-state index is 13.7. The molecule has 24 N–H and O–H groups in total. The second-order valence-corrected chi connectivity index (χ2v) is 24.6. The van der Waals surface area contributed by atoms with Gasteiger partial charge in [0.2, 0.25) is 29.9 Å². The van der Waals surface area contributed by atoms with E-state index in [1.54, 1.807) is 0 Å². The standard InChI is InChI=1S/C55H92N4O40/c1-15-30(73)35(78)37(80)51(87-15)95-43-29(59-18(4)70)49(89-23(9-63)32(43)75)97-46-34(77)24(10-64)90-52(39(46)82)96-44-28(58-17(3)69)48(88-22(8-62)33(44)76)94-42-26(12-66)92-53(93-41-25(11-65)91-50(38(81)36(41)79)86-13-19(6-60)56-14-67)40(83)47(42)99-55(54(84)85)5-20(71)27(57-16(2)68)45(98-55)31(74)21(72)7-61/h14-15,19-53,60-66,71-83H,5-13H2,1-4H3,(H,56,67)(H,57,68)(H,58,69)(H,59,70)(H,84,85)/p-1/t15-,19+,20-,21+,22+,23+,24+,25+,26+,27+,28+,29+,30+,31+,32+,33-,34-,35+,36+,37-,38+,39+,40+,41+,42-,43+,44+,45+,46-,47+,48-,49-,50+,51-,52-,53-,55-/m0/s1. The van der Waals surface area contributed by atoms with Crippen LogP contribution in [0.2, 0.25) is 0 Å². The molecule has 0 spiro atoms. The molecule has 0 unspecified atom stereocenters. The summed E-state index contributed by atoms with van der Waals surface area (Å²) in [6.45, 7) is -4.32. The fraction of sp³-hybridized carbons (Fsp3) is 0.909. The zero-order valence-corrected chi connectivity index (χ0v) is 53.3.